The van der Waals surface area contributed by atoms with Gasteiger partial charge in [0.05, 0.1) is 28.7 Å². The largest absolute Gasteiger partial charge is 0.416 e. The van der Waals surface area contributed by atoms with Gasteiger partial charge in [-0.05, 0) is 45.5 Å². The van der Waals surface area contributed by atoms with E-state index >= 15 is 0 Å². The highest BCUT2D eigenvalue weighted by Crippen LogP contribution is 2.29. The molecule has 0 aliphatic heterocycles. The molecule has 0 spiro atoms. The number of likely N-dealkylation sites (N-methyl/N-ethyl adjacent to an activating group) is 1. The summed E-state index contributed by atoms with van der Waals surface area (Å²) in [6.45, 7) is 5.80. The lowest BCUT2D eigenvalue weighted by Gasteiger charge is -2.24. The minimum atomic E-state index is -4.35. The zero-order valence-corrected chi connectivity index (χ0v) is 15.5. The first-order chi connectivity index (χ1) is 12.0. The molecule has 0 bridgehead atoms. The summed E-state index contributed by atoms with van der Waals surface area (Å²) >= 11 is 0. The van der Waals surface area contributed by atoms with Crippen LogP contribution in [0.3, 0.4) is 0 Å². The maximum absolute atomic E-state index is 12.6. The standard InChI is InChI=1S/C18H23F3N4O/c1-11-16(12(2)25(5)23-11)22-17(26)13(3)24(4)10-14-6-8-15(9-7-14)18(19,20)21/h6-9,13H,10H2,1-5H3,(H,22,26)/t13-/m0/s1. The van der Waals surface area contributed by atoms with Crippen molar-refractivity contribution in [2.45, 2.75) is 39.5 Å². The number of anilines is 1. The van der Waals surface area contributed by atoms with E-state index < -0.39 is 17.8 Å². The summed E-state index contributed by atoms with van der Waals surface area (Å²) in [5.74, 6) is -0.196. The van der Waals surface area contributed by atoms with Crippen LogP contribution in [-0.4, -0.2) is 33.7 Å². The molecule has 0 saturated carbocycles. The third-order valence-electron chi connectivity index (χ3n) is 4.51. The lowest BCUT2D eigenvalue weighted by molar-refractivity contribution is -0.137. The molecule has 1 heterocycles. The summed E-state index contributed by atoms with van der Waals surface area (Å²) in [7, 11) is 3.56. The second kappa shape index (κ2) is 7.49. The quantitative estimate of drug-likeness (QED) is 0.879. The highest BCUT2D eigenvalue weighted by Gasteiger charge is 2.30. The smallest absolute Gasteiger partial charge is 0.322 e. The van der Waals surface area contributed by atoms with Crippen LogP contribution in [0.15, 0.2) is 24.3 Å². The Morgan fingerprint density at radius 1 is 1.27 bits per heavy atom. The van der Waals surface area contributed by atoms with Gasteiger partial charge in [-0.1, -0.05) is 12.1 Å². The second-order valence-electron chi connectivity index (χ2n) is 6.44. The minimum absolute atomic E-state index is 0.196. The Bertz CT molecular complexity index is 781. The number of alkyl halides is 3. The third-order valence-corrected chi connectivity index (χ3v) is 4.51. The molecule has 1 amide bonds. The highest BCUT2D eigenvalue weighted by molar-refractivity contribution is 5.95. The zero-order valence-electron chi connectivity index (χ0n) is 15.5. The molecular weight excluding hydrogens is 345 g/mol. The molecule has 5 nitrogen and oxygen atoms in total. The van der Waals surface area contributed by atoms with Gasteiger partial charge in [-0.15, -0.1) is 0 Å². The molecule has 2 aromatic rings. The summed E-state index contributed by atoms with van der Waals surface area (Å²) in [5, 5.41) is 7.14. The van der Waals surface area contributed by atoms with E-state index in [1.165, 1.54) is 12.1 Å². The number of benzene rings is 1. The monoisotopic (exact) mass is 368 g/mol. The predicted molar refractivity (Wildman–Crippen MR) is 93.7 cm³/mol. The lowest BCUT2D eigenvalue weighted by atomic mass is 10.1. The van der Waals surface area contributed by atoms with Crippen LogP contribution < -0.4 is 5.32 Å². The number of carbonyl (C=O) groups is 1. The van der Waals surface area contributed by atoms with Crippen molar-refractivity contribution < 1.29 is 18.0 Å². The first-order valence-corrected chi connectivity index (χ1v) is 8.18. The van der Waals surface area contributed by atoms with Crippen LogP contribution in [0.5, 0.6) is 0 Å². The van der Waals surface area contributed by atoms with E-state index in [0.717, 1.165) is 23.5 Å². The fraction of sp³-hybridized carbons (Fsp3) is 0.444. The van der Waals surface area contributed by atoms with Crippen LogP contribution in [0.25, 0.3) is 0 Å². The third kappa shape index (κ3) is 4.43. The molecular formula is C18H23F3N4O. The Kier molecular flexibility index (Phi) is 5.75. The van der Waals surface area contributed by atoms with Crippen molar-refractivity contribution in [3.05, 3.63) is 46.8 Å². The molecule has 0 saturated heterocycles. The average Bonchev–Trinajstić information content (AvgIpc) is 2.80. The summed E-state index contributed by atoms with van der Waals surface area (Å²) in [6, 6.07) is 4.50. The molecule has 0 fully saturated rings. The van der Waals surface area contributed by atoms with E-state index in [9.17, 15) is 18.0 Å². The first-order valence-electron chi connectivity index (χ1n) is 8.18. The number of aryl methyl sites for hydroxylation is 2. The van der Waals surface area contributed by atoms with E-state index in [1.807, 2.05) is 13.8 Å². The van der Waals surface area contributed by atoms with Crippen LogP contribution in [0, 0.1) is 13.8 Å². The lowest BCUT2D eigenvalue weighted by Crippen LogP contribution is -2.39. The van der Waals surface area contributed by atoms with Gasteiger partial charge in [0.1, 0.15) is 0 Å². The van der Waals surface area contributed by atoms with Gasteiger partial charge < -0.3 is 5.32 Å². The summed E-state index contributed by atoms with van der Waals surface area (Å²) < 4.78 is 39.6. The van der Waals surface area contributed by atoms with E-state index in [-0.39, 0.29) is 5.91 Å². The Labute approximate surface area is 150 Å². The Balaban J connectivity index is 2.02. The number of halogens is 3. The molecule has 142 valence electrons. The Hall–Kier alpha value is -2.35. The molecule has 0 aliphatic carbocycles. The molecule has 1 aromatic heterocycles. The van der Waals surface area contributed by atoms with Gasteiger partial charge in [0, 0.05) is 13.6 Å². The number of nitrogens with one attached hydrogen (secondary N) is 1. The molecule has 0 radical (unpaired) electrons. The van der Waals surface area contributed by atoms with Crippen LogP contribution in [0.1, 0.15) is 29.4 Å². The van der Waals surface area contributed by atoms with Gasteiger partial charge in [-0.25, -0.2) is 0 Å². The van der Waals surface area contributed by atoms with Crippen molar-refractivity contribution in [1.82, 2.24) is 14.7 Å². The van der Waals surface area contributed by atoms with Gasteiger partial charge >= 0.3 is 6.18 Å². The minimum Gasteiger partial charge on any atom is -0.322 e. The van der Waals surface area contributed by atoms with Crippen LogP contribution in [-0.2, 0) is 24.6 Å². The first kappa shape index (κ1) is 20.0. The fourth-order valence-electron chi connectivity index (χ4n) is 2.61. The van der Waals surface area contributed by atoms with Gasteiger partial charge in [-0.3, -0.25) is 14.4 Å². The van der Waals surface area contributed by atoms with Gasteiger partial charge in [-0.2, -0.15) is 18.3 Å². The highest BCUT2D eigenvalue weighted by atomic mass is 19.4. The number of hydrogen-bond donors (Lipinski definition) is 1. The Morgan fingerprint density at radius 3 is 2.31 bits per heavy atom. The summed E-state index contributed by atoms with van der Waals surface area (Å²) in [6.07, 6.45) is -4.35. The number of amides is 1. The topological polar surface area (TPSA) is 50.2 Å². The molecule has 26 heavy (non-hydrogen) atoms. The van der Waals surface area contributed by atoms with Crippen molar-refractivity contribution in [3.63, 3.8) is 0 Å². The van der Waals surface area contributed by atoms with E-state index in [1.54, 1.807) is 30.6 Å². The molecule has 2 rings (SSSR count). The van der Waals surface area contributed by atoms with E-state index in [0.29, 0.717) is 17.8 Å². The molecule has 1 atom stereocenters. The van der Waals surface area contributed by atoms with E-state index in [2.05, 4.69) is 10.4 Å². The van der Waals surface area contributed by atoms with Crippen molar-refractivity contribution in [2.24, 2.45) is 7.05 Å². The molecule has 1 aromatic carbocycles. The van der Waals surface area contributed by atoms with Gasteiger partial charge in [0.15, 0.2) is 0 Å². The average molecular weight is 368 g/mol. The SMILES string of the molecule is Cc1nn(C)c(C)c1NC(=O)[C@H](C)N(C)Cc1ccc(C(F)(F)F)cc1. The second-order valence-corrected chi connectivity index (χ2v) is 6.44. The fourth-order valence-corrected chi connectivity index (χ4v) is 2.61. The molecule has 0 aliphatic rings. The number of carbonyl (C=O) groups excluding carboxylic acids is 1. The van der Waals surface area contributed by atoms with Gasteiger partial charge in [0.2, 0.25) is 5.91 Å². The van der Waals surface area contributed by atoms with Crippen LogP contribution in [0.2, 0.25) is 0 Å². The maximum Gasteiger partial charge on any atom is 0.416 e. The van der Waals surface area contributed by atoms with E-state index in [4.69, 9.17) is 0 Å². The molecule has 1 N–H and O–H groups in total. The van der Waals surface area contributed by atoms with Gasteiger partial charge in [0.25, 0.3) is 0 Å². The number of rotatable bonds is 5. The molecule has 8 heteroatoms. The maximum atomic E-state index is 12.6. The van der Waals surface area contributed by atoms with Crippen LogP contribution in [0.4, 0.5) is 18.9 Å². The zero-order chi connectivity index (χ0) is 19.6. The van der Waals surface area contributed by atoms with Crippen molar-refractivity contribution >= 4 is 11.6 Å². The number of nitrogens with zero attached hydrogens (tertiary/aromatic N) is 3. The summed E-state index contributed by atoms with van der Waals surface area (Å²) in [5.41, 5.74) is 2.29. The van der Waals surface area contributed by atoms with Crippen molar-refractivity contribution in [3.8, 4) is 0 Å². The normalized spacial score (nSPS) is 13.1. The summed E-state index contributed by atoms with van der Waals surface area (Å²) in [4.78, 5) is 14.3. The van der Waals surface area contributed by atoms with Crippen molar-refractivity contribution in [2.75, 3.05) is 12.4 Å². The predicted octanol–water partition coefficient (Wildman–Crippen LogP) is 3.51. The number of aromatic nitrogens is 2. The van der Waals surface area contributed by atoms with Crippen molar-refractivity contribution in [1.29, 1.82) is 0 Å². The number of hydrogen-bond acceptors (Lipinski definition) is 3. The Morgan fingerprint density at radius 2 is 1.85 bits per heavy atom. The van der Waals surface area contributed by atoms with Crippen LogP contribution >= 0.6 is 0 Å². The molecule has 0 unspecified atom stereocenters.